The molecule has 2 fully saturated rings. The Hall–Kier alpha value is -0.430. The summed E-state index contributed by atoms with van der Waals surface area (Å²) >= 11 is 3.55. The molecule has 0 saturated carbocycles. The first-order valence-electron chi connectivity index (χ1n) is 7.31. The molecule has 1 aromatic heterocycles. The van der Waals surface area contributed by atoms with Gasteiger partial charge < -0.3 is 14.7 Å². The molecule has 1 N–H and O–H groups in total. The normalized spacial score (nSPS) is 30.6. The van der Waals surface area contributed by atoms with Crippen LogP contribution in [0.25, 0.3) is 0 Å². The molecule has 5 nitrogen and oxygen atoms in total. The number of halogens is 1. The number of methoxy groups -OCH3 is 1. The van der Waals surface area contributed by atoms with Crippen molar-refractivity contribution in [2.45, 2.75) is 43.9 Å². The van der Waals surface area contributed by atoms with Gasteiger partial charge in [0.25, 0.3) is 0 Å². The molecular weight excluding hydrogens is 322 g/mol. The van der Waals surface area contributed by atoms with Crippen LogP contribution in [0.15, 0.2) is 10.7 Å². The Bertz CT molecular complexity index is 479. The molecule has 2 saturated heterocycles. The first-order valence-corrected chi connectivity index (χ1v) is 8.10. The lowest BCUT2D eigenvalue weighted by molar-refractivity contribution is -0.0482. The zero-order chi connectivity index (χ0) is 14.2. The number of rotatable bonds is 4. The average Bonchev–Trinajstić information content (AvgIpc) is 3.02. The summed E-state index contributed by atoms with van der Waals surface area (Å²) in [5.41, 5.74) is 0.148. The largest absolute Gasteiger partial charge is 0.383 e. The Morgan fingerprint density at radius 3 is 3.20 bits per heavy atom. The molecule has 0 spiro atoms. The van der Waals surface area contributed by atoms with Crippen LogP contribution in [0.2, 0.25) is 0 Å². The minimum Gasteiger partial charge on any atom is -0.383 e. The second kappa shape index (κ2) is 5.75. The highest BCUT2D eigenvalue weighted by Crippen LogP contribution is 2.41. The summed E-state index contributed by atoms with van der Waals surface area (Å²) in [4.78, 5) is 2.51. The van der Waals surface area contributed by atoms with Gasteiger partial charge in [-0.2, -0.15) is 5.10 Å². The maximum Gasteiger partial charge on any atom is 0.110 e. The van der Waals surface area contributed by atoms with E-state index in [1.807, 2.05) is 4.68 Å². The molecule has 2 aliphatic rings. The van der Waals surface area contributed by atoms with Gasteiger partial charge in [-0.3, -0.25) is 4.68 Å². The van der Waals surface area contributed by atoms with E-state index in [0.29, 0.717) is 19.2 Å². The van der Waals surface area contributed by atoms with E-state index in [4.69, 9.17) is 4.74 Å². The summed E-state index contributed by atoms with van der Waals surface area (Å²) in [5.74, 6) is 0. The zero-order valence-electron chi connectivity index (χ0n) is 11.9. The predicted molar refractivity (Wildman–Crippen MR) is 79.5 cm³/mol. The molecule has 0 aliphatic carbocycles. The Labute approximate surface area is 128 Å². The van der Waals surface area contributed by atoms with Crippen LogP contribution in [0.3, 0.4) is 0 Å². The SMILES string of the molecule is COCCn1ncc(Br)c1C1(O)CCN2CCCC2C1. The standard InChI is InChI=1S/C14H22BrN3O2/c1-20-8-7-18-13(12(15)10-16-18)14(19)4-6-17-5-2-3-11(17)9-14/h10-11,19H,2-9H2,1H3. The highest BCUT2D eigenvalue weighted by atomic mass is 79.9. The fourth-order valence-corrected chi connectivity index (χ4v) is 4.29. The smallest absolute Gasteiger partial charge is 0.110 e. The molecule has 0 aromatic carbocycles. The number of hydrogen-bond acceptors (Lipinski definition) is 4. The van der Waals surface area contributed by atoms with Crippen molar-refractivity contribution in [2.75, 3.05) is 26.8 Å². The third-order valence-corrected chi connectivity index (χ3v) is 5.21. The van der Waals surface area contributed by atoms with E-state index in [1.54, 1.807) is 13.3 Å². The Kier molecular flexibility index (Phi) is 4.17. The molecule has 3 rings (SSSR count). The van der Waals surface area contributed by atoms with Gasteiger partial charge in [0.05, 0.1) is 29.5 Å². The zero-order valence-corrected chi connectivity index (χ0v) is 13.5. The minimum absolute atomic E-state index is 0.520. The van der Waals surface area contributed by atoms with Gasteiger partial charge in [0.1, 0.15) is 5.60 Å². The van der Waals surface area contributed by atoms with Crippen LogP contribution in [-0.2, 0) is 16.9 Å². The summed E-state index contributed by atoms with van der Waals surface area (Å²) in [6.07, 6.45) is 5.83. The monoisotopic (exact) mass is 343 g/mol. The van der Waals surface area contributed by atoms with Crippen LogP contribution < -0.4 is 0 Å². The van der Waals surface area contributed by atoms with Crippen LogP contribution in [0.4, 0.5) is 0 Å². The molecule has 0 radical (unpaired) electrons. The van der Waals surface area contributed by atoms with Crippen LogP contribution in [0.5, 0.6) is 0 Å². The predicted octanol–water partition coefficient (Wildman–Crippen LogP) is 1.74. The lowest BCUT2D eigenvalue weighted by Crippen LogP contribution is -2.47. The van der Waals surface area contributed by atoms with Crippen molar-refractivity contribution in [2.24, 2.45) is 0 Å². The molecule has 6 heteroatoms. The van der Waals surface area contributed by atoms with Crippen LogP contribution >= 0.6 is 15.9 Å². The lowest BCUT2D eigenvalue weighted by atomic mass is 9.84. The molecule has 0 bridgehead atoms. The number of ether oxygens (including phenoxy) is 1. The highest BCUT2D eigenvalue weighted by molar-refractivity contribution is 9.10. The Morgan fingerprint density at radius 2 is 2.40 bits per heavy atom. The fraction of sp³-hybridized carbons (Fsp3) is 0.786. The molecule has 112 valence electrons. The van der Waals surface area contributed by atoms with E-state index < -0.39 is 5.60 Å². The van der Waals surface area contributed by atoms with Gasteiger partial charge in [0.2, 0.25) is 0 Å². The van der Waals surface area contributed by atoms with Gasteiger partial charge in [-0.25, -0.2) is 0 Å². The molecule has 3 heterocycles. The van der Waals surface area contributed by atoms with Crippen molar-refractivity contribution in [1.29, 1.82) is 0 Å². The van der Waals surface area contributed by atoms with Gasteiger partial charge in [-0.05, 0) is 48.2 Å². The van der Waals surface area contributed by atoms with Crippen LogP contribution in [0, 0.1) is 0 Å². The van der Waals surface area contributed by atoms with Gasteiger partial charge in [0.15, 0.2) is 0 Å². The lowest BCUT2D eigenvalue weighted by Gasteiger charge is -2.41. The summed E-state index contributed by atoms with van der Waals surface area (Å²) in [7, 11) is 1.68. The maximum atomic E-state index is 11.2. The second-order valence-electron chi connectivity index (χ2n) is 5.87. The van der Waals surface area contributed by atoms with E-state index in [-0.39, 0.29) is 0 Å². The Balaban J connectivity index is 1.85. The van der Waals surface area contributed by atoms with Crippen molar-refractivity contribution < 1.29 is 9.84 Å². The summed E-state index contributed by atoms with van der Waals surface area (Å²) < 4.78 is 7.93. The van der Waals surface area contributed by atoms with Crippen LogP contribution in [-0.4, -0.2) is 52.6 Å². The van der Waals surface area contributed by atoms with Gasteiger partial charge in [-0.15, -0.1) is 0 Å². The maximum absolute atomic E-state index is 11.2. The van der Waals surface area contributed by atoms with E-state index >= 15 is 0 Å². The van der Waals surface area contributed by atoms with E-state index in [2.05, 4.69) is 25.9 Å². The highest BCUT2D eigenvalue weighted by Gasteiger charge is 2.44. The molecule has 1 aromatic rings. The Morgan fingerprint density at radius 1 is 1.55 bits per heavy atom. The second-order valence-corrected chi connectivity index (χ2v) is 6.73. The number of fused-ring (bicyclic) bond motifs is 1. The molecule has 2 atom stereocenters. The van der Waals surface area contributed by atoms with Gasteiger partial charge >= 0.3 is 0 Å². The van der Waals surface area contributed by atoms with Crippen molar-refractivity contribution in [3.05, 3.63) is 16.4 Å². The van der Waals surface area contributed by atoms with Crippen molar-refractivity contribution in [1.82, 2.24) is 14.7 Å². The van der Waals surface area contributed by atoms with Gasteiger partial charge in [-0.1, -0.05) is 0 Å². The summed E-state index contributed by atoms with van der Waals surface area (Å²) in [6.45, 7) is 3.44. The fourth-order valence-electron chi connectivity index (χ4n) is 3.63. The topological polar surface area (TPSA) is 50.5 Å². The van der Waals surface area contributed by atoms with E-state index in [9.17, 15) is 5.11 Å². The van der Waals surface area contributed by atoms with Crippen molar-refractivity contribution >= 4 is 15.9 Å². The third kappa shape index (κ3) is 2.54. The number of piperidine rings is 1. The van der Waals surface area contributed by atoms with Crippen LogP contribution in [0.1, 0.15) is 31.4 Å². The van der Waals surface area contributed by atoms with Crippen molar-refractivity contribution in [3.8, 4) is 0 Å². The number of nitrogens with zero attached hydrogens (tertiary/aromatic N) is 3. The molecular formula is C14H22BrN3O2. The van der Waals surface area contributed by atoms with E-state index in [1.165, 1.54) is 19.4 Å². The molecule has 2 unspecified atom stereocenters. The summed E-state index contributed by atoms with van der Waals surface area (Å²) in [5, 5.41) is 15.6. The quantitative estimate of drug-likeness (QED) is 0.904. The summed E-state index contributed by atoms with van der Waals surface area (Å²) in [6, 6.07) is 0.520. The van der Waals surface area contributed by atoms with Gasteiger partial charge in [0, 0.05) is 19.7 Å². The van der Waals surface area contributed by atoms with Crippen molar-refractivity contribution in [3.63, 3.8) is 0 Å². The first-order chi connectivity index (χ1) is 9.64. The number of hydrogen-bond donors (Lipinski definition) is 1. The van der Waals surface area contributed by atoms with E-state index in [0.717, 1.165) is 29.6 Å². The minimum atomic E-state index is -0.769. The average molecular weight is 344 g/mol. The number of aliphatic hydroxyl groups is 1. The molecule has 0 amide bonds. The third-order valence-electron chi connectivity index (χ3n) is 4.63. The first kappa shape index (κ1) is 14.5. The number of aromatic nitrogens is 2. The molecule has 20 heavy (non-hydrogen) atoms. The molecule has 2 aliphatic heterocycles.